The molecule has 0 heterocycles. The molecule has 0 aromatic carbocycles. The van der Waals surface area contributed by atoms with Crippen LogP contribution in [0.15, 0.2) is 0 Å². The molecule has 0 rings (SSSR count). The Morgan fingerprint density at radius 2 is 1.73 bits per heavy atom. The highest BCUT2D eigenvalue weighted by Crippen LogP contribution is 2.29. The smallest absolute Gasteiger partial charge is 0.314 e. The van der Waals surface area contributed by atoms with Gasteiger partial charge in [-0.15, -0.1) is 0 Å². The summed E-state index contributed by atoms with van der Waals surface area (Å²) in [7, 11) is 0. The van der Waals surface area contributed by atoms with Crippen LogP contribution in [0, 0.1) is 5.41 Å². The molecule has 0 atom stereocenters. The Hall–Kier alpha value is -0.610. The van der Waals surface area contributed by atoms with Gasteiger partial charge < -0.3 is 15.3 Å². The van der Waals surface area contributed by atoms with E-state index in [2.05, 4.69) is 0 Å². The molecule has 0 spiro atoms. The van der Waals surface area contributed by atoms with Crippen LogP contribution in [-0.4, -0.2) is 27.6 Å². The van der Waals surface area contributed by atoms with Crippen molar-refractivity contribution >= 4 is 5.97 Å². The third kappa shape index (κ3) is 1.70. The molecule has 11 heavy (non-hydrogen) atoms. The molecule has 0 fully saturated rings. The van der Waals surface area contributed by atoms with Crippen molar-refractivity contribution in [3.8, 4) is 0 Å². The van der Waals surface area contributed by atoms with Crippen molar-refractivity contribution in [3.63, 3.8) is 0 Å². The first-order valence-electron chi connectivity index (χ1n) is 3.60. The number of rotatable bonds is 4. The van der Waals surface area contributed by atoms with E-state index in [4.69, 9.17) is 15.3 Å². The summed E-state index contributed by atoms with van der Waals surface area (Å²) in [5.41, 5.74) is -1.39. The van der Waals surface area contributed by atoms with Gasteiger partial charge in [-0.05, 0) is 12.8 Å². The Morgan fingerprint density at radius 1 is 1.36 bits per heavy atom. The summed E-state index contributed by atoms with van der Waals surface area (Å²) in [6, 6.07) is 0. The molecule has 0 bridgehead atoms. The molecular weight excluding hydrogens is 148 g/mol. The Kier molecular flexibility index (Phi) is 3.48. The second kappa shape index (κ2) is 3.69. The van der Waals surface area contributed by atoms with Crippen LogP contribution in [0.5, 0.6) is 0 Å². The summed E-state index contributed by atoms with van der Waals surface area (Å²) >= 11 is 0. The van der Waals surface area contributed by atoms with E-state index in [-0.39, 0.29) is 12.8 Å². The van der Waals surface area contributed by atoms with E-state index in [0.29, 0.717) is 0 Å². The zero-order valence-electron chi connectivity index (χ0n) is 6.74. The Morgan fingerprint density at radius 3 is 1.73 bits per heavy atom. The number of carboxylic acid groups (broad SMARTS) is 1. The van der Waals surface area contributed by atoms with Gasteiger partial charge in [0.05, 0.1) is 0 Å². The van der Waals surface area contributed by atoms with Gasteiger partial charge in [0.1, 0.15) is 5.41 Å². The summed E-state index contributed by atoms with van der Waals surface area (Å²) in [4.78, 5) is 10.6. The normalized spacial score (nSPS) is 12.1. The van der Waals surface area contributed by atoms with E-state index in [1.54, 1.807) is 13.8 Å². The molecule has 4 heteroatoms. The number of hydrogen-bond acceptors (Lipinski definition) is 3. The first kappa shape index (κ1) is 10.4. The maximum atomic E-state index is 10.6. The number of carbonyl (C=O) groups is 1. The SMILES string of the molecule is CCC(CC)(C(=O)O)C(O)O. The Bertz CT molecular complexity index is 137. The van der Waals surface area contributed by atoms with Crippen molar-refractivity contribution in [3.05, 3.63) is 0 Å². The van der Waals surface area contributed by atoms with E-state index in [1.807, 2.05) is 0 Å². The lowest BCUT2D eigenvalue weighted by molar-refractivity contribution is -0.182. The second-order valence-electron chi connectivity index (χ2n) is 2.54. The predicted molar refractivity (Wildman–Crippen MR) is 38.9 cm³/mol. The first-order chi connectivity index (χ1) is 5.01. The number of aliphatic carboxylic acids is 1. The van der Waals surface area contributed by atoms with Crippen molar-refractivity contribution in [2.24, 2.45) is 5.41 Å². The van der Waals surface area contributed by atoms with Crippen LogP contribution in [0.25, 0.3) is 0 Å². The molecule has 0 aromatic heterocycles. The highest BCUT2D eigenvalue weighted by Gasteiger charge is 2.41. The molecule has 4 nitrogen and oxygen atoms in total. The zero-order valence-corrected chi connectivity index (χ0v) is 6.74. The van der Waals surface area contributed by atoms with Crippen LogP contribution in [0.2, 0.25) is 0 Å². The third-order valence-corrected chi connectivity index (χ3v) is 2.18. The van der Waals surface area contributed by atoms with Crippen molar-refractivity contribution in [1.29, 1.82) is 0 Å². The van der Waals surface area contributed by atoms with Crippen molar-refractivity contribution in [2.45, 2.75) is 33.0 Å². The average Bonchev–Trinajstić information content (AvgIpc) is 1.90. The van der Waals surface area contributed by atoms with E-state index < -0.39 is 17.7 Å². The Labute approximate surface area is 65.5 Å². The molecule has 0 saturated heterocycles. The Balaban J connectivity index is 4.61. The topological polar surface area (TPSA) is 77.8 Å². The minimum Gasteiger partial charge on any atom is -0.481 e. The van der Waals surface area contributed by atoms with Gasteiger partial charge in [-0.2, -0.15) is 0 Å². The highest BCUT2D eigenvalue weighted by molar-refractivity contribution is 5.74. The van der Waals surface area contributed by atoms with E-state index >= 15 is 0 Å². The van der Waals surface area contributed by atoms with E-state index in [1.165, 1.54) is 0 Å². The predicted octanol–water partition coefficient (Wildman–Crippen LogP) is 0.188. The van der Waals surface area contributed by atoms with Gasteiger partial charge in [-0.1, -0.05) is 13.8 Å². The third-order valence-electron chi connectivity index (χ3n) is 2.18. The zero-order chi connectivity index (χ0) is 9.07. The lowest BCUT2D eigenvalue weighted by Crippen LogP contribution is -2.41. The molecule has 0 radical (unpaired) electrons. The van der Waals surface area contributed by atoms with Gasteiger partial charge in [0.25, 0.3) is 0 Å². The van der Waals surface area contributed by atoms with Gasteiger partial charge in [0.15, 0.2) is 6.29 Å². The average molecular weight is 162 g/mol. The fourth-order valence-electron chi connectivity index (χ4n) is 1.03. The molecular formula is C7H14O4. The highest BCUT2D eigenvalue weighted by atomic mass is 16.5. The lowest BCUT2D eigenvalue weighted by atomic mass is 9.82. The molecule has 0 aliphatic heterocycles. The summed E-state index contributed by atoms with van der Waals surface area (Å²) in [5, 5.41) is 26.3. The molecule has 3 N–H and O–H groups in total. The van der Waals surface area contributed by atoms with Gasteiger partial charge in [0, 0.05) is 0 Å². The lowest BCUT2D eigenvalue weighted by Gasteiger charge is -2.27. The van der Waals surface area contributed by atoms with Crippen LogP contribution in [0.3, 0.4) is 0 Å². The molecule has 0 saturated carbocycles. The van der Waals surface area contributed by atoms with Gasteiger partial charge >= 0.3 is 5.97 Å². The fraction of sp³-hybridized carbons (Fsp3) is 0.857. The van der Waals surface area contributed by atoms with Crippen molar-refractivity contribution in [1.82, 2.24) is 0 Å². The maximum absolute atomic E-state index is 10.6. The fourth-order valence-corrected chi connectivity index (χ4v) is 1.03. The van der Waals surface area contributed by atoms with Crippen LogP contribution in [-0.2, 0) is 4.79 Å². The molecule has 0 unspecified atom stereocenters. The minimum atomic E-state index is -1.78. The summed E-state index contributed by atoms with van der Waals surface area (Å²) in [6.45, 7) is 3.24. The molecule has 0 aliphatic rings. The van der Waals surface area contributed by atoms with E-state index in [0.717, 1.165) is 0 Å². The van der Waals surface area contributed by atoms with Gasteiger partial charge in [-0.25, -0.2) is 0 Å². The van der Waals surface area contributed by atoms with Crippen LogP contribution in [0.1, 0.15) is 26.7 Å². The molecule has 66 valence electrons. The molecule has 0 aromatic rings. The van der Waals surface area contributed by atoms with Gasteiger partial charge in [-0.3, -0.25) is 4.79 Å². The minimum absolute atomic E-state index is 0.219. The van der Waals surface area contributed by atoms with Crippen LogP contribution in [0.4, 0.5) is 0 Å². The van der Waals surface area contributed by atoms with Crippen LogP contribution < -0.4 is 0 Å². The molecule has 0 amide bonds. The van der Waals surface area contributed by atoms with Gasteiger partial charge in [0.2, 0.25) is 0 Å². The summed E-state index contributed by atoms with van der Waals surface area (Å²) in [6.07, 6.45) is -1.34. The molecule has 0 aliphatic carbocycles. The quantitative estimate of drug-likeness (QED) is 0.515. The van der Waals surface area contributed by atoms with E-state index in [9.17, 15) is 4.79 Å². The number of hydrogen-bond donors (Lipinski definition) is 3. The number of carboxylic acids is 1. The standard InChI is InChI=1S/C7H14O4/c1-3-7(4-2,5(8)9)6(10)11/h5,8-9H,3-4H2,1-2H3,(H,10,11). The first-order valence-corrected chi connectivity index (χ1v) is 3.60. The monoisotopic (exact) mass is 162 g/mol. The number of aliphatic hydroxyl groups is 2. The van der Waals surface area contributed by atoms with Crippen LogP contribution >= 0.6 is 0 Å². The second-order valence-corrected chi connectivity index (χ2v) is 2.54. The largest absolute Gasteiger partial charge is 0.481 e. The summed E-state index contributed by atoms with van der Waals surface area (Å²) in [5.74, 6) is -1.16. The van der Waals surface area contributed by atoms with Crippen molar-refractivity contribution < 1.29 is 20.1 Å². The summed E-state index contributed by atoms with van der Waals surface area (Å²) < 4.78 is 0. The number of aliphatic hydroxyl groups excluding tert-OH is 1. The maximum Gasteiger partial charge on any atom is 0.314 e. The van der Waals surface area contributed by atoms with Crippen molar-refractivity contribution in [2.75, 3.05) is 0 Å².